The molecular weight excluding hydrogens is 386 g/mol. The van der Waals surface area contributed by atoms with E-state index in [4.69, 9.17) is 9.47 Å². The summed E-state index contributed by atoms with van der Waals surface area (Å²) in [5.74, 6) is 0. The van der Waals surface area contributed by atoms with Gasteiger partial charge in [0.05, 0.1) is 32.0 Å². The van der Waals surface area contributed by atoms with Crippen molar-refractivity contribution in [3.05, 3.63) is 120 Å². The zero-order valence-electron chi connectivity index (χ0n) is 17.8. The van der Waals surface area contributed by atoms with E-state index >= 15 is 0 Å². The standard InChI is InChI=1S/C27H31NO3/c1-2-12-26(28(29)19-23-13-6-3-7-14-23)27(31-21-25-17-10-5-11-18-25)22-30-20-24-15-8-4-9-16-24/h2-11,13-18,26-27,29H,1,12,19-22H2/t26-,27+/m0/s1. The van der Waals surface area contributed by atoms with Crippen LogP contribution in [-0.4, -0.2) is 29.0 Å². The average molecular weight is 418 g/mol. The van der Waals surface area contributed by atoms with Gasteiger partial charge in [-0.15, -0.1) is 6.58 Å². The first-order valence-corrected chi connectivity index (χ1v) is 10.6. The van der Waals surface area contributed by atoms with Gasteiger partial charge in [0.15, 0.2) is 0 Å². The van der Waals surface area contributed by atoms with E-state index in [2.05, 4.69) is 6.58 Å². The first-order chi connectivity index (χ1) is 15.3. The highest BCUT2D eigenvalue weighted by Crippen LogP contribution is 2.18. The molecule has 0 bridgehead atoms. The maximum absolute atomic E-state index is 10.9. The minimum atomic E-state index is -0.323. The third-order valence-corrected chi connectivity index (χ3v) is 5.11. The minimum absolute atomic E-state index is 0.280. The quantitative estimate of drug-likeness (QED) is 0.289. The average Bonchev–Trinajstić information content (AvgIpc) is 2.82. The second-order valence-corrected chi connectivity index (χ2v) is 7.51. The number of hydroxylamine groups is 2. The Bertz CT molecular complexity index is 871. The lowest BCUT2D eigenvalue weighted by Gasteiger charge is -2.32. The van der Waals surface area contributed by atoms with E-state index in [0.717, 1.165) is 16.7 Å². The van der Waals surface area contributed by atoms with E-state index in [9.17, 15) is 5.21 Å². The molecule has 1 N–H and O–H groups in total. The molecule has 162 valence electrons. The Kier molecular flexibility index (Phi) is 9.48. The molecule has 0 saturated carbocycles. The van der Waals surface area contributed by atoms with Crippen LogP contribution in [-0.2, 0) is 29.2 Å². The summed E-state index contributed by atoms with van der Waals surface area (Å²) in [5.41, 5.74) is 3.22. The monoisotopic (exact) mass is 417 g/mol. The van der Waals surface area contributed by atoms with Crippen LogP contribution >= 0.6 is 0 Å². The number of benzene rings is 3. The molecule has 0 unspecified atom stereocenters. The Morgan fingerprint density at radius 2 is 1.29 bits per heavy atom. The number of nitrogens with zero attached hydrogens (tertiary/aromatic N) is 1. The lowest BCUT2D eigenvalue weighted by molar-refractivity contribution is -0.183. The molecule has 31 heavy (non-hydrogen) atoms. The highest BCUT2D eigenvalue weighted by molar-refractivity contribution is 5.15. The Balaban J connectivity index is 1.68. The van der Waals surface area contributed by atoms with Crippen molar-refractivity contribution in [2.75, 3.05) is 6.61 Å². The highest BCUT2D eigenvalue weighted by atomic mass is 16.5. The van der Waals surface area contributed by atoms with Crippen molar-refractivity contribution in [3.63, 3.8) is 0 Å². The second-order valence-electron chi connectivity index (χ2n) is 7.51. The molecule has 4 heteroatoms. The Labute approximate surface area is 185 Å². The third kappa shape index (κ3) is 7.78. The van der Waals surface area contributed by atoms with Crippen LogP contribution < -0.4 is 0 Å². The maximum Gasteiger partial charge on any atom is 0.0994 e. The summed E-state index contributed by atoms with van der Waals surface area (Å²) < 4.78 is 12.3. The predicted octanol–water partition coefficient (Wildman–Crippen LogP) is 5.62. The molecule has 4 nitrogen and oxygen atoms in total. The Morgan fingerprint density at radius 3 is 1.84 bits per heavy atom. The van der Waals surface area contributed by atoms with E-state index in [1.807, 2.05) is 97.1 Å². The van der Waals surface area contributed by atoms with Gasteiger partial charge in [-0.2, -0.15) is 5.06 Å². The van der Waals surface area contributed by atoms with Crippen molar-refractivity contribution < 1.29 is 14.7 Å². The van der Waals surface area contributed by atoms with E-state index in [-0.39, 0.29) is 12.1 Å². The fourth-order valence-electron chi connectivity index (χ4n) is 3.44. The van der Waals surface area contributed by atoms with Crippen LogP contribution in [0.25, 0.3) is 0 Å². The molecule has 0 saturated heterocycles. The van der Waals surface area contributed by atoms with Crippen molar-refractivity contribution in [1.29, 1.82) is 0 Å². The van der Waals surface area contributed by atoms with Gasteiger partial charge >= 0.3 is 0 Å². The normalized spacial score (nSPS) is 13.1. The molecule has 0 radical (unpaired) electrons. The van der Waals surface area contributed by atoms with Gasteiger partial charge in [0.2, 0.25) is 0 Å². The van der Waals surface area contributed by atoms with Crippen LogP contribution in [0.15, 0.2) is 104 Å². The molecule has 0 fully saturated rings. The van der Waals surface area contributed by atoms with Gasteiger partial charge in [0.25, 0.3) is 0 Å². The Hall–Kier alpha value is -2.76. The molecule has 3 aromatic rings. The molecule has 3 rings (SSSR count). The summed E-state index contributed by atoms with van der Waals surface area (Å²) in [4.78, 5) is 0. The lowest BCUT2D eigenvalue weighted by atomic mass is 10.1. The van der Waals surface area contributed by atoms with Gasteiger partial charge in [-0.05, 0) is 23.1 Å². The number of ether oxygens (including phenoxy) is 2. The summed E-state index contributed by atoms with van der Waals surface area (Å²) in [5, 5.41) is 12.3. The number of hydrogen-bond acceptors (Lipinski definition) is 4. The van der Waals surface area contributed by atoms with Crippen molar-refractivity contribution in [1.82, 2.24) is 5.06 Å². The molecule has 0 spiro atoms. The first-order valence-electron chi connectivity index (χ1n) is 10.6. The van der Waals surface area contributed by atoms with Crippen LogP contribution in [0.1, 0.15) is 23.1 Å². The highest BCUT2D eigenvalue weighted by Gasteiger charge is 2.27. The fraction of sp³-hybridized carbons (Fsp3) is 0.259. The third-order valence-electron chi connectivity index (χ3n) is 5.11. The topological polar surface area (TPSA) is 41.9 Å². The molecule has 0 aliphatic rings. The fourth-order valence-corrected chi connectivity index (χ4v) is 3.44. The summed E-state index contributed by atoms with van der Waals surface area (Å²) in [7, 11) is 0. The second kappa shape index (κ2) is 12.8. The maximum atomic E-state index is 10.9. The van der Waals surface area contributed by atoms with Crippen molar-refractivity contribution >= 4 is 0 Å². The zero-order chi connectivity index (χ0) is 21.7. The molecule has 0 aromatic heterocycles. The van der Waals surface area contributed by atoms with Gasteiger partial charge < -0.3 is 14.7 Å². The van der Waals surface area contributed by atoms with E-state index < -0.39 is 0 Å². The predicted molar refractivity (Wildman–Crippen MR) is 123 cm³/mol. The largest absolute Gasteiger partial charge is 0.374 e. The van der Waals surface area contributed by atoms with Crippen LogP contribution in [0.2, 0.25) is 0 Å². The summed E-state index contributed by atoms with van der Waals surface area (Å²) in [6, 6.07) is 29.7. The van der Waals surface area contributed by atoms with Crippen molar-refractivity contribution in [2.45, 2.75) is 38.3 Å². The molecule has 0 aliphatic heterocycles. The van der Waals surface area contributed by atoms with Crippen LogP contribution in [0.3, 0.4) is 0 Å². The summed E-state index contributed by atoms with van der Waals surface area (Å²) >= 11 is 0. The molecule has 0 aliphatic carbocycles. The van der Waals surface area contributed by atoms with E-state index in [1.165, 1.54) is 5.06 Å². The minimum Gasteiger partial charge on any atom is -0.374 e. The van der Waals surface area contributed by atoms with Gasteiger partial charge in [0.1, 0.15) is 0 Å². The van der Waals surface area contributed by atoms with E-state index in [0.29, 0.717) is 32.8 Å². The van der Waals surface area contributed by atoms with Gasteiger partial charge in [0, 0.05) is 6.54 Å². The van der Waals surface area contributed by atoms with Gasteiger partial charge in [-0.3, -0.25) is 0 Å². The summed E-state index contributed by atoms with van der Waals surface area (Å²) in [6.45, 7) is 5.61. The number of rotatable bonds is 13. The molecule has 3 aromatic carbocycles. The van der Waals surface area contributed by atoms with Crippen LogP contribution in [0.5, 0.6) is 0 Å². The smallest absolute Gasteiger partial charge is 0.0994 e. The molecule has 2 atom stereocenters. The molecular formula is C27H31NO3. The van der Waals surface area contributed by atoms with Gasteiger partial charge in [-0.1, -0.05) is 97.1 Å². The zero-order valence-corrected chi connectivity index (χ0v) is 17.8. The van der Waals surface area contributed by atoms with Crippen molar-refractivity contribution in [3.8, 4) is 0 Å². The van der Waals surface area contributed by atoms with Crippen LogP contribution in [0.4, 0.5) is 0 Å². The number of hydrogen-bond donors (Lipinski definition) is 1. The molecule has 0 heterocycles. The van der Waals surface area contributed by atoms with Gasteiger partial charge in [-0.25, -0.2) is 0 Å². The summed E-state index contributed by atoms with van der Waals surface area (Å²) in [6.07, 6.45) is 2.07. The Morgan fingerprint density at radius 1 is 0.774 bits per heavy atom. The van der Waals surface area contributed by atoms with Crippen molar-refractivity contribution in [2.24, 2.45) is 0 Å². The lowest BCUT2D eigenvalue weighted by Crippen LogP contribution is -2.44. The first kappa shape index (κ1) is 22.9. The molecule has 0 amide bonds. The SMILES string of the molecule is C=CC[C@@H]([C@@H](COCc1ccccc1)OCc1ccccc1)N(O)Cc1ccccc1. The van der Waals surface area contributed by atoms with Crippen LogP contribution in [0, 0.1) is 0 Å². The van der Waals surface area contributed by atoms with E-state index in [1.54, 1.807) is 0 Å².